The second-order valence-corrected chi connectivity index (χ2v) is 4.25. The molecule has 1 N–H and O–H groups in total. The van der Waals surface area contributed by atoms with Gasteiger partial charge in [-0.3, -0.25) is 4.98 Å². The van der Waals surface area contributed by atoms with Crippen LogP contribution in [0.2, 0.25) is 0 Å². The molecule has 1 aromatic carbocycles. The smallest absolute Gasteiger partial charge is 0.152 e. The molecule has 0 saturated heterocycles. The van der Waals surface area contributed by atoms with Gasteiger partial charge in [0.05, 0.1) is 16.9 Å². The summed E-state index contributed by atoms with van der Waals surface area (Å²) in [6.45, 7) is 3.31. The van der Waals surface area contributed by atoms with Crippen molar-refractivity contribution >= 4 is 11.4 Å². The van der Waals surface area contributed by atoms with Crippen molar-refractivity contribution in [2.75, 3.05) is 5.32 Å². The number of rotatable bonds is 2. The van der Waals surface area contributed by atoms with Gasteiger partial charge in [-0.25, -0.2) is 13.2 Å². The molecule has 0 fully saturated rings. The molecule has 3 nitrogen and oxygen atoms in total. The van der Waals surface area contributed by atoms with E-state index in [1.807, 2.05) is 6.07 Å². The highest BCUT2D eigenvalue weighted by molar-refractivity contribution is 5.68. The molecule has 0 atom stereocenters. The van der Waals surface area contributed by atoms with Crippen molar-refractivity contribution in [3.8, 4) is 6.07 Å². The summed E-state index contributed by atoms with van der Waals surface area (Å²) in [4.78, 5) is 4.10. The molecule has 1 aromatic heterocycles. The number of nitrogens with one attached hydrogen (secondary N) is 1. The summed E-state index contributed by atoms with van der Waals surface area (Å²) in [5.41, 5.74) is 0.929. The van der Waals surface area contributed by atoms with Gasteiger partial charge in [-0.2, -0.15) is 5.26 Å². The molecule has 0 aliphatic heterocycles. The molecule has 2 rings (SSSR count). The lowest BCUT2D eigenvalue weighted by molar-refractivity contribution is 0.549. The average molecular weight is 277 g/mol. The largest absolute Gasteiger partial charge is 0.350 e. The second kappa shape index (κ2) is 5.21. The number of aromatic nitrogens is 1. The topological polar surface area (TPSA) is 48.7 Å². The highest BCUT2D eigenvalue weighted by Gasteiger charge is 2.15. The van der Waals surface area contributed by atoms with Gasteiger partial charge in [0, 0.05) is 17.8 Å². The maximum atomic E-state index is 13.6. The highest BCUT2D eigenvalue weighted by Crippen LogP contribution is 2.27. The molecule has 0 aliphatic rings. The van der Waals surface area contributed by atoms with Gasteiger partial charge in [0.15, 0.2) is 11.6 Å². The molecule has 0 aliphatic carbocycles. The number of nitrogens with zero attached hydrogens (tertiary/aromatic N) is 2. The summed E-state index contributed by atoms with van der Waals surface area (Å²) >= 11 is 0. The Morgan fingerprint density at radius 2 is 1.70 bits per heavy atom. The van der Waals surface area contributed by atoms with Gasteiger partial charge in [0.2, 0.25) is 0 Å². The Morgan fingerprint density at radius 3 is 2.25 bits per heavy atom. The van der Waals surface area contributed by atoms with E-state index in [1.54, 1.807) is 13.8 Å². The molecule has 1 heterocycles. The molecule has 0 amide bonds. The van der Waals surface area contributed by atoms with E-state index in [-0.39, 0.29) is 11.3 Å². The van der Waals surface area contributed by atoms with Crippen LogP contribution in [0.25, 0.3) is 0 Å². The van der Waals surface area contributed by atoms with Crippen LogP contribution < -0.4 is 5.32 Å². The van der Waals surface area contributed by atoms with Crippen LogP contribution in [-0.2, 0) is 0 Å². The second-order valence-electron chi connectivity index (χ2n) is 4.25. The summed E-state index contributed by atoms with van der Waals surface area (Å²) in [5.74, 6) is -3.15. The van der Waals surface area contributed by atoms with Crippen molar-refractivity contribution in [2.45, 2.75) is 13.8 Å². The van der Waals surface area contributed by atoms with E-state index < -0.39 is 23.1 Å². The molecular weight excluding hydrogens is 267 g/mol. The minimum absolute atomic E-state index is 0.179. The van der Waals surface area contributed by atoms with Crippen molar-refractivity contribution < 1.29 is 13.2 Å². The van der Waals surface area contributed by atoms with Gasteiger partial charge >= 0.3 is 0 Å². The molecule has 0 bridgehead atoms. The number of hydrogen-bond acceptors (Lipinski definition) is 3. The summed E-state index contributed by atoms with van der Waals surface area (Å²) in [5, 5.41) is 11.6. The van der Waals surface area contributed by atoms with Crippen molar-refractivity contribution in [3.63, 3.8) is 0 Å². The van der Waals surface area contributed by atoms with E-state index in [0.29, 0.717) is 23.5 Å². The number of nitriles is 1. The van der Waals surface area contributed by atoms with Gasteiger partial charge in [-0.15, -0.1) is 0 Å². The number of hydrogen-bond donors (Lipinski definition) is 1. The SMILES string of the molecule is Cc1cc(Nc2c(F)cc(F)cc2F)c(C#N)c(C)n1. The molecule has 2 aromatic rings. The Kier molecular flexibility index (Phi) is 3.61. The van der Waals surface area contributed by atoms with Crippen molar-refractivity contribution in [2.24, 2.45) is 0 Å². The van der Waals surface area contributed by atoms with Gasteiger partial charge in [0.25, 0.3) is 0 Å². The highest BCUT2D eigenvalue weighted by atomic mass is 19.1. The molecule has 0 saturated carbocycles. The quantitative estimate of drug-likeness (QED) is 0.909. The third-order valence-electron chi connectivity index (χ3n) is 2.71. The van der Waals surface area contributed by atoms with E-state index in [9.17, 15) is 13.2 Å². The predicted octanol–water partition coefficient (Wildman–Crippen LogP) is 3.73. The predicted molar refractivity (Wildman–Crippen MR) is 68.0 cm³/mol. The maximum Gasteiger partial charge on any atom is 0.152 e. The number of halogens is 3. The molecule has 0 radical (unpaired) electrons. The summed E-state index contributed by atoms with van der Waals surface area (Å²) < 4.78 is 40.0. The third kappa shape index (κ3) is 2.57. The first-order valence-corrected chi connectivity index (χ1v) is 5.72. The standard InChI is InChI=1S/C14H10F3N3/c1-7-3-13(10(6-18)8(2)19-7)20-14-11(16)4-9(15)5-12(14)17/h3-5H,1-2H3,(H,19,20). The van der Waals surface area contributed by atoms with E-state index >= 15 is 0 Å². The van der Waals surface area contributed by atoms with Crippen LogP contribution >= 0.6 is 0 Å². The zero-order valence-electron chi connectivity index (χ0n) is 10.8. The molecule has 0 spiro atoms. The van der Waals surface area contributed by atoms with Crippen LogP contribution in [0.5, 0.6) is 0 Å². The molecular formula is C14H10F3N3. The van der Waals surface area contributed by atoms with Crippen LogP contribution in [0.4, 0.5) is 24.5 Å². The van der Waals surface area contributed by atoms with E-state index in [4.69, 9.17) is 5.26 Å². The van der Waals surface area contributed by atoms with Crippen molar-refractivity contribution in [3.05, 3.63) is 52.6 Å². The minimum Gasteiger partial charge on any atom is -0.350 e. The summed E-state index contributed by atoms with van der Waals surface area (Å²) in [7, 11) is 0. The molecule has 20 heavy (non-hydrogen) atoms. The molecule has 0 unspecified atom stereocenters. The lowest BCUT2D eigenvalue weighted by Crippen LogP contribution is -2.03. The molecule has 102 valence electrons. The number of anilines is 2. The average Bonchev–Trinajstić information content (AvgIpc) is 2.33. The van der Waals surface area contributed by atoms with Crippen molar-refractivity contribution in [1.29, 1.82) is 5.26 Å². The monoisotopic (exact) mass is 277 g/mol. The zero-order chi connectivity index (χ0) is 14.9. The van der Waals surface area contributed by atoms with E-state index in [1.165, 1.54) is 6.07 Å². The Balaban J connectivity index is 2.54. The Hall–Kier alpha value is -2.55. The Morgan fingerprint density at radius 1 is 1.10 bits per heavy atom. The zero-order valence-corrected chi connectivity index (χ0v) is 10.8. The van der Waals surface area contributed by atoms with Gasteiger partial charge in [-0.05, 0) is 19.9 Å². The van der Waals surface area contributed by atoms with E-state index in [0.717, 1.165) is 0 Å². The number of aryl methyl sites for hydroxylation is 2. The van der Waals surface area contributed by atoms with Crippen molar-refractivity contribution in [1.82, 2.24) is 4.98 Å². The fraction of sp³-hybridized carbons (Fsp3) is 0.143. The molecule has 6 heteroatoms. The number of benzene rings is 1. The van der Waals surface area contributed by atoms with Crippen LogP contribution in [0, 0.1) is 42.6 Å². The lowest BCUT2D eigenvalue weighted by Gasteiger charge is -2.12. The minimum atomic E-state index is -1.07. The van der Waals surface area contributed by atoms with E-state index in [2.05, 4.69) is 10.3 Å². The fourth-order valence-electron chi connectivity index (χ4n) is 1.86. The van der Waals surface area contributed by atoms with Crippen LogP contribution in [0.15, 0.2) is 18.2 Å². The lowest BCUT2D eigenvalue weighted by atomic mass is 10.1. The van der Waals surface area contributed by atoms with Crippen LogP contribution in [0.1, 0.15) is 17.0 Å². The fourth-order valence-corrected chi connectivity index (χ4v) is 1.86. The van der Waals surface area contributed by atoms with Crippen LogP contribution in [-0.4, -0.2) is 4.98 Å². The van der Waals surface area contributed by atoms with Crippen LogP contribution in [0.3, 0.4) is 0 Å². The first-order chi connectivity index (χ1) is 9.42. The number of pyridine rings is 1. The van der Waals surface area contributed by atoms with Gasteiger partial charge in [0.1, 0.15) is 17.6 Å². The third-order valence-corrected chi connectivity index (χ3v) is 2.71. The van der Waals surface area contributed by atoms with Gasteiger partial charge in [-0.1, -0.05) is 0 Å². The maximum absolute atomic E-state index is 13.6. The first kappa shape index (κ1) is 13.9. The summed E-state index contributed by atoms with van der Waals surface area (Å²) in [6, 6.07) is 4.55. The Labute approximate surface area is 113 Å². The normalized spacial score (nSPS) is 10.2. The summed E-state index contributed by atoms with van der Waals surface area (Å²) in [6.07, 6.45) is 0. The van der Waals surface area contributed by atoms with Gasteiger partial charge < -0.3 is 5.32 Å². The Bertz CT molecular complexity index is 697. The first-order valence-electron chi connectivity index (χ1n) is 5.72.